The number of anilines is 1. The molecular weight excluding hydrogens is 300 g/mol. The summed E-state index contributed by atoms with van der Waals surface area (Å²) in [5, 5.41) is 11.5. The highest BCUT2D eigenvalue weighted by Gasteiger charge is 2.18. The minimum atomic E-state index is -0.950. The zero-order valence-corrected chi connectivity index (χ0v) is 11.8. The Labute approximate surface area is 114 Å². The van der Waals surface area contributed by atoms with E-state index in [4.69, 9.17) is 5.11 Å². The van der Waals surface area contributed by atoms with Crippen molar-refractivity contribution in [1.29, 1.82) is 0 Å². The molecule has 18 heavy (non-hydrogen) atoms. The van der Waals surface area contributed by atoms with Gasteiger partial charge < -0.3 is 10.4 Å². The number of aliphatic carboxylic acids is 1. The Kier molecular flexibility index (Phi) is 5.30. The first-order chi connectivity index (χ1) is 8.40. The fourth-order valence-electron chi connectivity index (χ4n) is 1.29. The van der Waals surface area contributed by atoms with E-state index in [2.05, 4.69) is 21.2 Å². The van der Waals surface area contributed by atoms with Crippen LogP contribution in [0.2, 0.25) is 0 Å². The number of carboxylic acid groups (broad SMARTS) is 1. The first kappa shape index (κ1) is 14.7. The third-order valence-corrected chi connectivity index (χ3v) is 3.07. The molecule has 0 spiro atoms. The quantitative estimate of drug-likeness (QED) is 0.869. The van der Waals surface area contributed by atoms with Gasteiger partial charge in [-0.3, -0.25) is 14.5 Å². The molecule has 6 heteroatoms. The van der Waals surface area contributed by atoms with Crippen molar-refractivity contribution in [3.8, 4) is 0 Å². The molecule has 2 N–H and O–H groups in total. The van der Waals surface area contributed by atoms with E-state index in [1.165, 1.54) is 11.8 Å². The Morgan fingerprint density at radius 3 is 2.44 bits per heavy atom. The van der Waals surface area contributed by atoms with Crippen molar-refractivity contribution in [2.45, 2.75) is 13.0 Å². The summed E-state index contributed by atoms with van der Waals surface area (Å²) in [5.74, 6) is -1.19. The van der Waals surface area contributed by atoms with Crippen LogP contribution in [0.4, 0.5) is 5.69 Å². The minimum absolute atomic E-state index is 0.0313. The van der Waals surface area contributed by atoms with Crippen LogP contribution in [0.25, 0.3) is 0 Å². The molecule has 1 rings (SSSR count). The van der Waals surface area contributed by atoms with Crippen LogP contribution in [-0.2, 0) is 9.59 Å². The zero-order chi connectivity index (χ0) is 13.7. The predicted octanol–water partition coefficient (Wildman–Crippen LogP) is 1.79. The number of benzene rings is 1. The van der Waals surface area contributed by atoms with Gasteiger partial charge in [0.15, 0.2) is 0 Å². The van der Waals surface area contributed by atoms with Crippen molar-refractivity contribution < 1.29 is 14.7 Å². The van der Waals surface area contributed by atoms with Crippen molar-refractivity contribution in [2.75, 3.05) is 18.9 Å². The molecule has 0 saturated heterocycles. The van der Waals surface area contributed by atoms with Gasteiger partial charge in [0.1, 0.15) is 6.04 Å². The molecule has 0 aliphatic rings. The number of amides is 1. The van der Waals surface area contributed by atoms with Gasteiger partial charge in [0.25, 0.3) is 0 Å². The topological polar surface area (TPSA) is 69.6 Å². The van der Waals surface area contributed by atoms with Gasteiger partial charge in [-0.25, -0.2) is 0 Å². The molecule has 5 nitrogen and oxygen atoms in total. The molecule has 1 atom stereocenters. The number of halogens is 1. The Bertz CT molecular complexity index is 433. The number of likely N-dealkylation sites (N-methyl/N-ethyl adjacent to an activating group) is 1. The van der Waals surface area contributed by atoms with Crippen LogP contribution in [0.1, 0.15) is 6.92 Å². The number of nitrogens with one attached hydrogen (secondary N) is 1. The van der Waals surface area contributed by atoms with E-state index < -0.39 is 12.0 Å². The van der Waals surface area contributed by atoms with Crippen molar-refractivity contribution in [1.82, 2.24) is 4.90 Å². The summed E-state index contributed by atoms with van der Waals surface area (Å²) in [6, 6.07) is 6.48. The van der Waals surface area contributed by atoms with Gasteiger partial charge in [0.2, 0.25) is 5.91 Å². The fraction of sp³-hybridized carbons (Fsp3) is 0.333. The highest BCUT2D eigenvalue weighted by molar-refractivity contribution is 9.10. The van der Waals surface area contributed by atoms with Gasteiger partial charge in [0.05, 0.1) is 6.54 Å². The van der Waals surface area contributed by atoms with Crippen molar-refractivity contribution in [3.05, 3.63) is 28.7 Å². The SMILES string of the molecule is CC(C(=O)O)N(C)CC(=O)Nc1ccc(Br)cc1. The Morgan fingerprint density at radius 2 is 1.94 bits per heavy atom. The van der Waals surface area contributed by atoms with Crippen LogP contribution in [-0.4, -0.2) is 41.5 Å². The lowest BCUT2D eigenvalue weighted by molar-refractivity contribution is -0.142. The largest absolute Gasteiger partial charge is 0.480 e. The number of carboxylic acids is 1. The Morgan fingerprint density at radius 1 is 1.39 bits per heavy atom. The lowest BCUT2D eigenvalue weighted by Gasteiger charge is -2.20. The summed E-state index contributed by atoms with van der Waals surface area (Å²) in [7, 11) is 1.60. The summed E-state index contributed by atoms with van der Waals surface area (Å²) in [5.41, 5.74) is 0.680. The summed E-state index contributed by atoms with van der Waals surface area (Å²) in [4.78, 5) is 23.9. The van der Waals surface area contributed by atoms with Crippen molar-refractivity contribution in [2.24, 2.45) is 0 Å². The molecule has 0 fully saturated rings. The van der Waals surface area contributed by atoms with Gasteiger partial charge in [0, 0.05) is 10.2 Å². The second-order valence-corrected chi connectivity index (χ2v) is 4.90. The zero-order valence-electron chi connectivity index (χ0n) is 10.2. The van der Waals surface area contributed by atoms with E-state index in [0.717, 1.165) is 4.47 Å². The molecule has 0 aromatic heterocycles. The lowest BCUT2D eigenvalue weighted by Crippen LogP contribution is -2.40. The molecule has 0 radical (unpaired) electrons. The molecule has 0 heterocycles. The molecule has 1 aromatic carbocycles. The fourth-order valence-corrected chi connectivity index (χ4v) is 1.55. The lowest BCUT2D eigenvalue weighted by atomic mass is 10.3. The Balaban J connectivity index is 2.51. The van der Waals surface area contributed by atoms with E-state index in [-0.39, 0.29) is 12.5 Å². The van der Waals surface area contributed by atoms with Crippen LogP contribution >= 0.6 is 15.9 Å². The van der Waals surface area contributed by atoms with Gasteiger partial charge in [-0.15, -0.1) is 0 Å². The maximum Gasteiger partial charge on any atom is 0.320 e. The maximum atomic E-state index is 11.7. The number of rotatable bonds is 5. The minimum Gasteiger partial charge on any atom is -0.480 e. The average molecular weight is 315 g/mol. The molecule has 0 saturated carbocycles. The van der Waals surface area contributed by atoms with Crippen LogP contribution < -0.4 is 5.32 Å². The number of hydrogen-bond donors (Lipinski definition) is 2. The summed E-state index contributed by atoms with van der Waals surface area (Å²) >= 11 is 3.30. The Hall–Kier alpha value is -1.40. The van der Waals surface area contributed by atoms with Crippen LogP contribution in [0.5, 0.6) is 0 Å². The van der Waals surface area contributed by atoms with E-state index in [1.54, 1.807) is 19.2 Å². The third-order valence-electron chi connectivity index (χ3n) is 2.54. The van der Waals surface area contributed by atoms with Gasteiger partial charge in [-0.2, -0.15) is 0 Å². The summed E-state index contributed by atoms with van der Waals surface area (Å²) < 4.78 is 0.928. The van der Waals surface area contributed by atoms with Crippen LogP contribution in [0.3, 0.4) is 0 Å². The van der Waals surface area contributed by atoms with Gasteiger partial charge >= 0.3 is 5.97 Å². The predicted molar refractivity (Wildman–Crippen MR) is 72.5 cm³/mol. The van der Waals surface area contributed by atoms with Crippen molar-refractivity contribution >= 4 is 33.5 Å². The molecule has 0 aliphatic heterocycles. The number of carbonyl (C=O) groups excluding carboxylic acids is 1. The number of nitrogens with zero attached hydrogens (tertiary/aromatic N) is 1. The van der Waals surface area contributed by atoms with E-state index in [0.29, 0.717) is 5.69 Å². The normalized spacial score (nSPS) is 12.2. The molecule has 0 bridgehead atoms. The van der Waals surface area contributed by atoms with E-state index in [9.17, 15) is 9.59 Å². The monoisotopic (exact) mass is 314 g/mol. The number of hydrogen-bond acceptors (Lipinski definition) is 3. The highest BCUT2D eigenvalue weighted by atomic mass is 79.9. The molecular formula is C12H15BrN2O3. The first-order valence-corrected chi connectivity index (χ1v) is 6.18. The summed E-state index contributed by atoms with van der Waals surface area (Å²) in [6.07, 6.45) is 0. The molecule has 1 unspecified atom stereocenters. The molecule has 98 valence electrons. The standard InChI is InChI=1S/C12H15BrN2O3/c1-8(12(17)18)15(2)7-11(16)14-10-5-3-9(13)4-6-10/h3-6,8H,7H2,1-2H3,(H,14,16)(H,17,18). The van der Waals surface area contributed by atoms with E-state index in [1.807, 2.05) is 12.1 Å². The molecule has 0 aliphatic carbocycles. The maximum absolute atomic E-state index is 11.7. The van der Waals surface area contributed by atoms with Gasteiger partial charge in [-0.05, 0) is 38.2 Å². The smallest absolute Gasteiger partial charge is 0.320 e. The second-order valence-electron chi connectivity index (χ2n) is 3.98. The first-order valence-electron chi connectivity index (χ1n) is 5.38. The second kappa shape index (κ2) is 6.51. The third kappa shape index (κ3) is 4.46. The van der Waals surface area contributed by atoms with E-state index >= 15 is 0 Å². The average Bonchev–Trinajstić information content (AvgIpc) is 2.30. The molecule has 1 amide bonds. The van der Waals surface area contributed by atoms with Crippen molar-refractivity contribution in [3.63, 3.8) is 0 Å². The number of carbonyl (C=O) groups is 2. The highest BCUT2D eigenvalue weighted by Crippen LogP contribution is 2.14. The summed E-state index contributed by atoms with van der Waals surface area (Å²) in [6.45, 7) is 1.57. The van der Waals surface area contributed by atoms with Gasteiger partial charge in [-0.1, -0.05) is 15.9 Å². The van der Waals surface area contributed by atoms with Crippen LogP contribution in [0.15, 0.2) is 28.7 Å². The molecule has 1 aromatic rings. The van der Waals surface area contributed by atoms with Crippen LogP contribution in [0, 0.1) is 0 Å².